The molecule has 5 rings (SSSR count). The first-order valence-electron chi connectivity index (χ1n) is 10.4. The van der Waals surface area contributed by atoms with Crippen molar-refractivity contribution in [2.75, 3.05) is 12.4 Å². The molecule has 0 amide bonds. The lowest BCUT2D eigenvalue weighted by Gasteiger charge is -2.21. The van der Waals surface area contributed by atoms with E-state index in [0.717, 1.165) is 39.4 Å². The van der Waals surface area contributed by atoms with Gasteiger partial charge in [-0.2, -0.15) is 0 Å². The Kier molecular flexibility index (Phi) is 5.25. The summed E-state index contributed by atoms with van der Waals surface area (Å²) < 4.78 is 7.36. The van der Waals surface area contributed by atoms with Gasteiger partial charge in [0.25, 0.3) is 0 Å². The molecule has 0 saturated carbocycles. The zero-order chi connectivity index (χ0) is 21.9. The Morgan fingerprint density at radius 3 is 2.34 bits per heavy atom. The Balaban J connectivity index is 1.64. The molecule has 0 aliphatic carbocycles. The highest BCUT2D eigenvalue weighted by Gasteiger charge is 2.21. The van der Waals surface area contributed by atoms with Crippen LogP contribution in [0.3, 0.4) is 0 Å². The van der Waals surface area contributed by atoms with E-state index in [1.807, 2.05) is 96.7 Å². The average Bonchev–Trinajstić information content (AvgIpc) is 3.28. The molecule has 1 unspecified atom stereocenters. The molecule has 1 N–H and O–H groups in total. The van der Waals surface area contributed by atoms with E-state index in [0.29, 0.717) is 5.82 Å². The molecule has 0 aliphatic rings. The van der Waals surface area contributed by atoms with E-state index >= 15 is 0 Å². The number of rotatable bonds is 6. The number of fused-ring (bicyclic) bond motifs is 1. The molecule has 3 aromatic carbocycles. The van der Waals surface area contributed by atoms with Crippen LogP contribution < -0.4 is 10.1 Å². The van der Waals surface area contributed by atoms with Crippen molar-refractivity contribution in [2.24, 2.45) is 7.05 Å². The van der Waals surface area contributed by atoms with Gasteiger partial charge in [-0.3, -0.25) is 0 Å². The van der Waals surface area contributed by atoms with Crippen molar-refractivity contribution in [3.8, 4) is 17.1 Å². The summed E-state index contributed by atoms with van der Waals surface area (Å²) in [6.07, 6.45) is 3.75. The fourth-order valence-electron chi connectivity index (χ4n) is 3.79. The van der Waals surface area contributed by atoms with Crippen LogP contribution in [0, 0.1) is 0 Å². The summed E-state index contributed by atoms with van der Waals surface area (Å²) in [5.74, 6) is 3.14. The molecule has 0 aliphatic heterocycles. The fraction of sp³-hybridized carbons (Fsp3) is 0.115. The van der Waals surface area contributed by atoms with Crippen LogP contribution in [0.5, 0.6) is 5.75 Å². The lowest BCUT2D eigenvalue weighted by Crippen LogP contribution is -2.18. The van der Waals surface area contributed by atoms with Crippen LogP contribution in [0.1, 0.15) is 17.4 Å². The minimum Gasteiger partial charge on any atom is -0.497 e. The second-order valence-electron chi connectivity index (χ2n) is 7.53. The number of nitrogens with one attached hydrogen (secondary N) is 1. The van der Waals surface area contributed by atoms with Crippen LogP contribution in [0.15, 0.2) is 91.3 Å². The normalized spacial score (nSPS) is 11.9. The average molecular weight is 422 g/mol. The molecule has 2 heterocycles. The van der Waals surface area contributed by atoms with E-state index in [2.05, 4.69) is 10.3 Å². The topological polar surface area (TPSA) is 64.9 Å². The smallest absolute Gasteiger partial charge is 0.162 e. The Morgan fingerprint density at radius 2 is 1.62 bits per heavy atom. The molecular formula is C26H23N5O. The number of benzene rings is 3. The maximum absolute atomic E-state index is 5.34. The van der Waals surface area contributed by atoms with Gasteiger partial charge in [0.05, 0.1) is 12.6 Å². The van der Waals surface area contributed by atoms with Gasteiger partial charge in [-0.1, -0.05) is 54.6 Å². The van der Waals surface area contributed by atoms with Crippen molar-refractivity contribution in [1.82, 2.24) is 19.5 Å². The molecule has 0 saturated heterocycles. The summed E-state index contributed by atoms with van der Waals surface area (Å²) in [4.78, 5) is 14.3. The van der Waals surface area contributed by atoms with Crippen molar-refractivity contribution in [2.45, 2.75) is 6.04 Å². The number of ether oxygens (including phenoxy) is 1. The second kappa shape index (κ2) is 8.51. The number of hydrogen-bond donors (Lipinski definition) is 1. The maximum atomic E-state index is 5.34. The van der Waals surface area contributed by atoms with E-state index in [4.69, 9.17) is 14.7 Å². The number of imidazole rings is 1. The zero-order valence-electron chi connectivity index (χ0n) is 17.9. The largest absolute Gasteiger partial charge is 0.497 e. The number of aryl methyl sites for hydroxylation is 1. The van der Waals surface area contributed by atoms with Gasteiger partial charge in [0.15, 0.2) is 5.82 Å². The summed E-state index contributed by atoms with van der Waals surface area (Å²) in [6, 6.07) is 25.9. The summed E-state index contributed by atoms with van der Waals surface area (Å²) in [7, 11) is 3.66. The third-order valence-corrected chi connectivity index (χ3v) is 5.48. The molecule has 1 atom stereocenters. The Labute approximate surface area is 186 Å². The molecule has 2 aromatic heterocycles. The minimum atomic E-state index is -0.206. The van der Waals surface area contributed by atoms with E-state index in [9.17, 15) is 0 Å². The fourth-order valence-corrected chi connectivity index (χ4v) is 3.79. The number of methoxy groups -OCH3 is 1. The molecule has 5 aromatic rings. The molecule has 32 heavy (non-hydrogen) atoms. The van der Waals surface area contributed by atoms with E-state index < -0.39 is 0 Å². The maximum Gasteiger partial charge on any atom is 0.162 e. The second-order valence-corrected chi connectivity index (χ2v) is 7.53. The van der Waals surface area contributed by atoms with Crippen molar-refractivity contribution in [3.05, 3.63) is 103 Å². The highest BCUT2D eigenvalue weighted by molar-refractivity contribution is 5.90. The molecule has 0 fully saturated rings. The SMILES string of the molecule is COc1ccc(C(Nc2nc(-c3ccccc3)nc3ccccc23)c2nccn2C)cc1. The van der Waals surface area contributed by atoms with E-state index in [1.54, 1.807) is 13.3 Å². The third kappa shape index (κ3) is 3.78. The van der Waals surface area contributed by atoms with Crippen molar-refractivity contribution < 1.29 is 4.74 Å². The summed E-state index contributed by atoms with van der Waals surface area (Å²) in [6.45, 7) is 0. The van der Waals surface area contributed by atoms with Crippen LogP contribution in [-0.2, 0) is 7.05 Å². The first kappa shape index (κ1) is 19.8. The molecule has 0 spiro atoms. The molecule has 158 valence electrons. The number of nitrogens with zero attached hydrogens (tertiary/aromatic N) is 4. The number of para-hydroxylation sites is 1. The van der Waals surface area contributed by atoms with Gasteiger partial charge < -0.3 is 14.6 Å². The third-order valence-electron chi connectivity index (χ3n) is 5.48. The zero-order valence-corrected chi connectivity index (χ0v) is 17.9. The van der Waals surface area contributed by atoms with Crippen molar-refractivity contribution in [1.29, 1.82) is 0 Å². The highest BCUT2D eigenvalue weighted by Crippen LogP contribution is 2.31. The lowest BCUT2D eigenvalue weighted by atomic mass is 10.1. The van der Waals surface area contributed by atoms with Gasteiger partial charge in [0.1, 0.15) is 23.4 Å². The monoisotopic (exact) mass is 421 g/mol. The Bertz CT molecular complexity index is 1350. The summed E-state index contributed by atoms with van der Waals surface area (Å²) in [5.41, 5.74) is 2.92. The lowest BCUT2D eigenvalue weighted by molar-refractivity contribution is 0.414. The number of aromatic nitrogens is 4. The van der Waals surface area contributed by atoms with Gasteiger partial charge in [-0.25, -0.2) is 15.0 Å². The first-order chi connectivity index (χ1) is 15.7. The van der Waals surface area contributed by atoms with Gasteiger partial charge >= 0.3 is 0 Å². The quantitative estimate of drug-likeness (QED) is 0.406. The minimum absolute atomic E-state index is 0.206. The van der Waals surface area contributed by atoms with Gasteiger partial charge in [0.2, 0.25) is 0 Å². The van der Waals surface area contributed by atoms with E-state index in [1.165, 1.54) is 0 Å². The molecule has 0 bridgehead atoms. The molecule has 6 nitrogen and oxygen atoms in total. The Morgan fingerprint density at radius 1 is 0.875 bits per heavy atom. The van der Waals surface area contributed by atoms with E-state index in [-0.39, 0.29) is 6.04 Å². The van der Waals surface area contributed by atoms with Crippen LogP contribution in [0.25, 0.3) is 22.3 Å². The van der Waals surface area contributed by atoms with Gasteiger partial charge in [-0.05, 0) is 29.8 Å². The first-order valence-corrected chi connectivity index (χ1v) is 10.4. The van der Waals surface area contributed by atoms with Crippen LogP contribution in [0.2, 0.25) is 0 Å². The predicted octanol–water partition coefficient (Wildman–Crippen LogP) is 5.24. The van der Waals surface area contributed by atoms with Crippen LogP contribution in [-0.4, -0.2) is 26.6 Å². The van der Waals surface area contributed by atoms with Crippen LogP contribution >= 0.6 is 0 Å². The standard InChI is InChI=1S/C26H23N5O/c1-31-17-16-27-26(31)23(18-12-14-20(32-2)15-13-18)29-25-21-10-6-7-11-22(21)28-24(30-25)19-8-4-3-5-9-19/h3-17,23H,1-2H3,(H,28,29,30). The molecule has 6 heteroatoms. The summed E-state index contributed by atoms with van der Waals surface area (Å²) >= 11 is 0. The molecular weight excluding hydrogens is 398 g/mol. The van der Waals surface area contributed by atoms with Crippen LogP contribution in [0.4, 0.5) is 5.82 Å². The Hall–Kier alpha value is -4.19. The van der Waals surface area contributed by atoms with Gasteiger partial charge in [-0.15, -0.1) is 0 Å². The number of anilines is 1. The molecule has 0 radical (unpaired) electrons. The summed E-state index contributed by atoms with van der Waals surface area (Å²) in [5, 5.41) is 4.61. The predicted molar refractivity (Wildman–Crippen MR) is 127 cm³/mol. The van der Waals surface area contributed by atoms with Gasteiger partial charge in [0, 0.05) is 30.4 Å². The highest BCUT2D eigenvalue weighted by atomic mass is 16.5. The van der Waals surface area contributed by atoms with Crippen molar-refractivity contribution in [3.63, 3.8) is 0 Å². The number of hydrogen-bond acceptors (Lipinski definition) is 5. The van der Waals surface area contributed by atoms with Crippen molar-refractivity contribution >= 4 is 16.7 Å².